The largest absolute Gasteiger partial charge is 0.511 e. The molecular weight excluding hydrogens is 342 g/mol. The first-order valence-corrected chi connectivity index (χ1v) is 6.92. The molecule has 1 aromatic carbocycles. The number of rotatable bonds is 3. The smallest absolute Gasteiger partial charge is 0.346 e. The van der Waals surface area contributed by atoms with E-state index in [0.29, 0.717) is 5.75 Å². The third kappa shape index (κ3) is 3.02. The molecule has 0 radical (unpaired) electrons. The minimum Gasteiger partial charge on any atom is -0.511 e. The molecule has 21 heavy (non-hydrogen) atoms. The Hall–Kier alpha value is -2.02. The number of carbonyl (C=O) groups excluding carboxylic acids is 2. The number of aliphatic hydroxyl groups is 1. The van der Waals surface area contributed by atoms with Gasteiger partial charge in [-0.2, -0.15) is 0 Å². The molecule has 0 unspecified atom stereocenters. The van der Waals surface area contributed by atoms with Crippen molar-refractivity contribution in [1.82, 2.24) is 5.32 Å². The molecule has 1 aliphatic rings. The molecule has 0 saturated carbocycles. The monoisotopic (exact) mass is 355 g/mol. The average molecular weight is 356 g/mol. The first kappa shape index (κ1) is 15.4. The van der Waals surface area contributed by atoms with E-state index in [1.54, 1.807) is 25.3 Å². The van der Waals surface area contributed by atoms with Crippen LogP contribution in [0.2, 0.25) is 0 Å². The quantitative estimate of drug-likeness (QED) is 0.639. The van der Waals surface area contributed by atoms with Crippen molar-refractivity contribution >= 4 is 27.8 Å². The molecule has 0 spiro atoms. The summed E-state index contributed by atoms with van der Waals surface area (Å²) in [7, 11) is 2.69. The van der Waals surface area contributed by atoms with Crippen LogP contribution in [0.1, 0.15) is 18.0 Å². The van der Waals surface area contributed by atoms with Crippen molar-refractivity contribution in [3.05, 3.63) is 39.6 Å². The van der Waals surface area contributed by atoms with Gasteiger partial charge in [0.1, 0.15) is 11.5 Å². The molecule has 1 atom stereocenters. The van der Waals surface area contributed by atoms with Gasteiger partial charge in [-0.1, -0.05) is 15.9 Å². The fourth-order valence-corrected chi connectivity index (χ4v) is 2.65. The Morgan fingerprint density at radius 1 is 1.43 bits per heavy atom. The van der Waals surface area contributed by atoms with Crippen molar-refractivity contribution < 1.29 is 24.2 Å². The lowest BCUT2D eigenvalue weighted by atomic mass is 9.96. The highest BCUT2D eigenvalue weighted by molar-refractivity contribution is 9.10. The molecule has 1 heterocycles. The zero-order valence-electron chi connectivity index (χ0n) is 11.5. The van der Waals surface area contributed by atoms with Gasteiger partial charge in [0.15, 0.2) is 5.57 Å². The van der Waals surface area contributed by atoms with Crippen molar-refractivity contribution in [2.24, 2.45) is 0 Å². The molecule has 0 aromatic heterocycles. The third-order valence-corrected chi connectivity index (χ3v) is 3.91. The Bertz CT molecular complexity index is 626. The number of carbonyl (C=O) groups is 2. The predicted molar refractivity (Wildman–Crippen MR) is 77.9 cm³/mol. The van der Waals surface area contributed by atoms with Gasteiger partial charge in [-0.25, -0.2) is 4.79 Å². The van der Waals surface area contributed by atoms with E-state index in [9.17, 15) is 14.7 Å². The van der Waals surface area contributed by atoms with E-state index in [4.69, 9.17) is 4.74 Å². The molecule has 0 fully saturated rings. The lowest BCUT2D eigenvalue weighted by molar-refractivity contribution is -0.138. The van der Waals surface area contributed by atoms with E-state index in [0.717, 1.165) is 17.1 Å². The van der Waals surface area contributed by atoms with Crippen LogP contribution in [0, 0.1) is 0 Å². The summed E-state index contributed by atoms with van der Waals surface area (Å²) in [5.74, 6) is -1.17. The first-order chi connectivity index (χ1) is 9.97. The number of hydrogen-bond donors (Lipinski definition) is 2. The van der Waals surface area contributed by atoms with Gasteiger partial charge in [0.25, 0.3) is 5.91 Å². The lowest BCUT2D eigenvalue weighted by Gasteiger charge is -2.25. The summed E-state index contributed by atoms with van der Waals surface area (Å²) in [4.78, 5) is 23.4. The van der Waals surface area contributed by atoms with E-state index in [1.165, 1.54) is 0 Å². The van der Waals surface area contributed by atoms with Crippen LogP contribution in [0.4, 0.5) is 0 Å². The summed E-state index contributed by atoms with van der Waals surface area (Å²) in [6.45, 7) is 0. The van der Waals surface area contributed by atoms with Gasteiger partial charge < -0.3 is 19.9 Å². The minimum atomic E-state index is -0.854. The van der Waals surface area contributed by atoms with E-state index >= 15 is 0 Å². The molecule has 1 aliphatic heterocycles. The Labute approximate surface area is 129 Å². The fourth-order valence-electron chi connectivity index (χ4n) is 2.12. The van der Waals surface area contributed by atoms with Crippen molar-refractivity contribution in [3.8, 4) is 5.75 Å². The summed E-state index contributed by atoms with van der Waals surface area (Å²) >= 11 is 3.40. The molecule has 1 amide bonds. The number of nitrogens with one attached hydrogen (secondary N) is 1. The number of hydrogen-bond acceptors (Lipinski definition) is 5. The first-order valence-electron chi connectivity index (χ1n) is 6.12. The molecule has 0 saturated heterocycles. The third-order valence-electron chi connectivity index (χ3n) is 3.19. The maximum absolute atomic E-state index is 12.0. The van der Waals surface area contributed by atoms with Gasteiger partial charge >= 0.3 is 5.97 Å². The Kier molecular flexibility index (Phi) is 4.52. The number of methoxy groups -OCH3 is 2. The summed E-state index contributed by atoms with van der Waals surface area (Å²) in [6.07, 6.45) is 0.0991. The molecule has 2 N–H and O–H groups in total. The summed E-state index contributed by atoms with van der Waals surface area (Å²) < 4.78 is 10.4. The van der Waals surface area contributed by atoms with E-state index in [1.807, 2.05) is 0 Å². The van der Waals surface area contributed by atoms with Gasteiger partial charge in [-0.3, -0.25) is 4.79 Å². The van der Waals surface area contributed by atoms with Crippen LogP contribution >= 0.6 is 15.9 Å². The van der Waals surface area contributed by atoms with Crippen LogP contribution in [0.15, 0.2) is 34.0 Å². The van der Waals surface area contributed by atoms with Gasteiger partial charge in [-0.15, -0.1) is 0 Å². The van der Waals surface area contributed by atoms with Crippen molar-refractivity contribution in [2.45, 2.75) is 12.5 Å². The standard InChI is InChI=1S/C14H14BrNO5/c1-20-7-3-4-9(15)8(5-7)10-6-11(17)12(13(18)16-10)14(19)21-2/h3-5,10,17H,6H2,1-2H3,(H,16,18)/t10-/m1/s1. The maximum Gasteiger partial charge on any atom is 0.346 e. The molecule has 0 aliphatic carbocycles. The SMILES string of the molecule is COC(=O)C1=C(O)C[C@H](c2cc(OC)ccc2Br)NC1=O. The summed E-state index contributed by atoms with van der Waals surface area (Å²) in [6, 6.07) is 4.85. The van der Waals surface area contributed by atoms with E-state index < -0.39 is 17.9 Å². The van der Waals surface area contributed by atoms with Crippen molar-refractivity contribution in [2.75, 3.05) is 14.2 Å². The van der Waals surface area contributed by atoms with Crippen LogP contribution in [0.25, 0.3) is 0 Å². The highest BCUT2D eigenvalue weighted by Gasteiger charge is 2.33. The van der Waals surface area contributed by atoms with Gasteiger partial charge in [0, 0.05) is 10.9 Å². The van der Waals surface area contributed by atoms with Crippen molar-refractivity contribution in [1.29, 1.82) is 0 Å². The number of amides is 1. The Morgan fingerprint density at radius 3 is 2.71 bits per heavy atom. The topological polar surface area (TPSA) is 84.9 Å². The van der Waals surface area contributed by atoms with Crippen molar-refractivity contribution in [3.63, 3.8) is 0 Å². The zero-order valence-corrected chi connectivity index (χ0v) is 13.1. The molecule has 112 valence electrons. The molecule has 0 bridgehead atoms. The van der Waals surface area contributed by atoms with Crippen LogP contribution in [0.3, 0.4) is 0 Å². The second-order valence-corrected chi connectivity index (χ2v) is 5.29. The van der Waals surface area contributed by atoms with Crippen LogP contribution < -0.4 is 10.1 Å². The van der Waals surface area contributed by atoms with E-state index in [-0.39, 0.29) is 17.8 Å². The normalized spacial score (nSPS) is 18.2. The number of aliphatic hydroxyl groups excluding tert-OH is 1. The minimum absolute atomic E-state index is 0.0991. The number of benzene rings is 1. The highest BCUT2D eigenvalue weighted by atomic mass is 79.9. The van der Waals surface area contributed by atoms with Gasteiger partial charge in [-0.05, 0) is 23.8 Å². The molecular formula is C14H14BrNO5. The summed E-state index contributed by atoms with van der Waals surface area (Å²) in [5.41, 5.74) is 0.394. The molecule has 6 nitrogen and oxygen atoms in total. The van der Waals surface area contributed by atoms with Gasteiger partial charge in [0.2, 0.25) is 0 Å². The van der Waals surface area contributed by atoms with Crippen LogP contribution in [0.5, 0.6) is 5.75 Å². The van der Waals surface area contributed by atoms with Crippen LogP contribution in [-0.4, -0.2) is 31.2 Å². The Balaban J connectivity index is 2.36. The second-order valence-electron chi connectivity index (χ2n) is 4.43. The number of esters is 1. The molecule has 7 heteroatoms. The average Bonchev–Trinajstić information content (AvgIpc) is 2.46. The summed E-state index contributed by atoms with van der Waals surface area (Å²) in [5, 5.41) is 12.6. The second kappa shape index (κ2) is 6.17. The van der Waals surface area contributed by atoms with Gasteiger partial charge in [0.05, 0.1) is 20.3 Å². The molecule has 1 aromatic rings. The van der Waals surface area contributed by atoms with Crippen LogP contribution in [-0.2, 0) is 14.3 Å². The fraction of sp³-hybridized carbons (Fsp3) is 0.286. The molecule has 2 rings (SSSR count). The number of halogens is 1. The number of ether oxygens (including phenoxy) is 2. The Morgan fingerprint density at radius 2 is 2.14 bits per heavy atom. The van der Waals surface area contributed by atoms with E-state index in [2.05, 4.69) is 26.0 Å². The zero-order chi connectivity index (χ0) is 15.6. The lowest BCUT2D eigenvalue weighted by Crippen LogP contribution is -2.38. The predicted octanol–water partition coefficient (Wildman–Crippen LogP) is 2.00. The maximum atomic E-state index is 12.0. The highest BCUT2D eigenvalue weighted by Crippen LogP contribution is 2.33.